The Hall–Kier alpha value is -1.71. The molecule has 1 amide bonds. The quantitative estimate of drug-likeness (QED) is 0.733. The molecule has 3 aliphatic rings. The Morgan fingerprint density at radius 2 is 2.04 bits per heavy atom. The number of benzene rings is 1. The van der Waals surface area contributed by atoms with Crippen molar-refractivity contribution in [2.45, 2.75) is 58.9 Å². The van der Waals surface area contributed by atoms with Crippen molar-refractivity contribution >= 4 is 17.4 Å². The van der Waals surface area contributed by atoms with Crippen molar-refractivity contribution in [1.82, 2.24) is 0 Å². The third kappa shape index (κ3) is 1.77. The lowest BCUT2D eigenvalue weighted by molar-refractivity contribution is -0.143. The number of ketones is 1. The highest BCUT2D eigenvalue weighted by Gasteiger charge is 2.69. The SMILES string of the molecule is CC1CCc2cc(F)ccc2N1C(=O)C12CCC(CC1=O)C2(C)C. The number of nitrogens with zero attached hydrogens (tertiary/aromatic N) is 1. The van der Waals surface area contributed by atoms with Crippen molar-refractivity contribution in [1.29, 1.82) is 0 Å². The molecule has 3 unspecified atom stereocenters. The number of carbonyl (C=O) groups is 2. The Morgan fingerprint density at radius 3 is 2.67 bits per heavy atom. The molecule has 24 heavy (non-hydrogen) atoms. The van der Waals surface area contributed by atoms with Gasteiger partial charge in [0.05, 0.1) is 0 Å². The van der Waals surface area contributed by atoms with Crippen LogP contribution in [0, 0.1) is 22.6 Å². The standard InChI is InChI=1S/C20H24FNO2/c1-12-4-5-13-10-15(21)6-7-16(13)22(12)18(24)20-9-8-14(11-17(20)23)19(20,2)3/h6-7,10,12,14H,4-5,8-9,11H2,1-3H3. The van der Waals surface area contributed by atoms with Gasteiger partial charge in [-0.05, 0) is 67.7 Å². The van der Waals surface area contributed by atoms with Crippen LogP contribution < -0.4 is 4.90 Å². The third-order valence-electron chi connectivity index (χ3n) is 7.05. The molecule has 0 radical (unpaired) electrons. The van der Waals surface area contributed by atoms with Gasteiger partial charge in [0.15, 0.2) is 0 Å². The van der Waals surface area contributed by atoms with E-state index in [0.29, 0.717) is 18.8 Å². The summed E-state index contributed by atoms with van der Waals surface area (Å²) < 4.78 is 13.6. The van der Waals surface area contributed by atoms with Gasteiger partial charge in [-0.15, -0.1) is 0 Å². The van der Waals surface area contributed by atoms with Gasteiger partial charge in [-0.1, -0.05) is 13.8 Å². The van der Waals surface area contributed by atoms with Gasteiger partial charge in [0, 0.05) is 18.2 Å². The van der Waals surface area contributed by atoms with Gasteiger partial charge in [0.2, 0.25) is 5.91 Å². The molecule has 3 nitrogen and oxygen atoms in total. The van der Waals surface area contributed by atoms with E-state index in [1.807, 2.05) is 6.92 Å². The molecule has 0 N–H and O–H groups in total. The first-order valence-corrected chi connectivity index (χ1v) is 8.94. The van der Waals surface area contributed by atoms with Gasteiger partial charge >= 0.3 is 0 Å². The Balaban J connectivity index is 1.82. The maximum atomic E-state index is 13.7. The minimum absolute atomic E-state index is 0.0353. The number of carbonyl (C=O) groups excluding carboxylic acids is 2. The minimum Gasteiger partial charge on any atom is -0.308 e. The largest absolute Gasteiger partial charge is 0.308 e. The van der Waals surface area contributed by atoms with Crippen LogP contribution in [-0.4, -0.2) is 17.7 Å². The molecule has 1 aromatic rings. The molecule has 2 fully saturated rings. The van der Waals surface area contributed by atoms with Gasteiger partial charge in [-0.25, -0.2) is 4.39 Å². The summed E-state index contributed by atoms with van der Waals surface area (Å²) in [5.74, 6) is 0.0848. The molecule has 2 bridgehead atoms. The molecule has 2 saturated carbocycles. The van der Waals surface area contributed by atoms with E-state index in [2.05, 4.69) is 13.8 Å². The van der Waals surface area contributed by atoms with E-state index in [1.54, 1.807) is 11.0 Å². The Bertz CT molecular complexity index is 741. The molecule has 0 aromatic heterocycles. The van der Waals surface area contributed by atoms with Gasteiger partial charge in [0.25, 0.3) is 0 Å². The summed E-state index contributed by atoms with van der Waals surface area (Å²) in [6.45, 7) is 6.18. The number of aryl methyl sites for hydroxylation is 1. The summed E-state index contributed by atoms with van der Waals surface area (Å²) in [4.78, 5) is 28.3. The molecular formula is C20H24FNO2. The van der Waals surface area contributed by atoms with E-state index < -0.39 is 5.41 Å². The van der Waals surface area contributed by atoms with Gasteiger partial charge in [-0.3, -0.25) is 9.59 Å². The second-order valence-corrected chi connectivity index (χ2v) is 8.33. The summed E-state index contributed by atoms with van der Waals surface area (Å²) in [6, 6.07) is 4.67. The summed E-state index contributed by atoms with van der Waals surface area (Å²) in [6.07, 6.45) is 3.70. The average molecular weight is 329 g/mol. The molecule has 0 saturated heterocycles. The van der Waals surface area contributed by atoms with Crippen molar-refractivity contribution in [2.75, 3.05) is 4.90 Å². The lowest BCUT2D eigenvalue weighted by Crippen LogP contribution is -2.55. The van der Waals surface area contributed by atoms with Crippen LogP contribution in [0.5, 0.6) is 0 Å². The smallest absolute Gasteiger partial charge is 0.241 e. The van der Waals surface area contributed by atoms with E-state index in [4.69, 9.17) is 0 Å². The van der Waals surface area contributed by atoms with E-state index >= 15 is 0 Å². The molecule has 1 heterocycles. The zero-order chi connectivity index (χ0) is 17.3. The summed E-state index contributed by atoms with van der Waals surface area (Å²) in [5, 5.41) is 0. The summed E-state index contributed by atoms with van der Waals surface area (Å²) >= 11 is 0. The molecule has 4 heteroatoms. The molecule has 2 aliphatic carbocycles. The van der Waals surface area contributed by atoms with Crippen LogP contribution in [0.15, 0.2) is 18.2 Å². The fourth-order valence-electron chi connectivity index (χ4n) is 5.41. The predicted molar refractivity (Wildman–Crippen MR) is 90.2 cm³/mol. The summed E-state index contributed by atoms with van der Waals surface area (Å²) in [7, 11) is 0. The molecule has 0 spiro atoms. The highest BCUT2D eigenvalue weighted by molar-refractivity contribution is 6.15. The molecule has 128 valence electrons. The van der Waals surface area contributed by atoms with E-state index in [1.165, 1.54) is 12.1 Å². The molecule has 3 atom stereocenters. The molecule has 1 aromatic carbocycles. The topological polar surface area (TPSA) is 37.4 Å². The first kappa shape index (κ1) is 15.8. The van der Waals surface area contributed by atoms with Crippen LogP contribution in [0.1, 0.15) is 52.0 Å². The van der Waals surface area contributed by atoms with E-state index in [-0.39, 0.29) is 29.0 Å². The van der Waals surface area contributed by atoms with Crippen molar-refractivity contribution < 1.29 is 14.0 Å². The first-order chi connectivity index (χ1) is 11.3. The second-order valence-electron chi connectivity index (χ2n) is 8.33. The van der Waals surface area contributed by atoms with Gasteiger partial charge in [0.1, 0.15) is 17.0 Å². The highest BCUT2D eigenvalue weighted by atomic mass is 19.1. The zero-order valence-electron chi connectivity index (χ0n) is 14.6. The number of amides is 1. The predicted octanol–water partition coefficient (Wildman–Crippen LogP) is 3.89. The molecule has 4 rings (SSSR count). The van der Waals surface area contributed by atoms with Crippen LogP contribution in [0.25, 0.3) is 0 Å². The summed E-state index contributed by atoms with van der Waals surface area (Å²) in [5.41, 5.74) is 0.470. The van der Waals surface area contributed by atoms with Crippen LogP contribution in [-0.2, 0) is 16.0 Å². The normalized spacial score (nSPS) is 33.7. The van der Waals surface area contributed by atoms with Crippen LogP contribution in [0.3, 0.4) is 0 Å². The minimum atomic E-state index is -0.894. The fourth-order valence-corrected chi connectivity index (χ4v) is 5.41. The average Bonchev–Trinajstić information content (AvgIpc) is 2.89. The maximum absolute atomic E-state index is 13.7. The van der Waals surface area contributed by atoms with Crippen molar-refractivity contribution in [2.24, 2.45) is 16.7 Å². The van der Waals surface area contributed by atoms with Crippen LogP contribution >= 0.6 is 0 Å². The lowest BCUT2D eigenvalue weighted by atomic mass is 9.67. The number of rotatable bonds is 1. The van der Waals surface area contributed by atoms with Gasteiger partial charge < -0.3 is 4.90 Å². The van der Waals surface area contributed by atoms with E-state index in [0.717, 1.165) is 30.5 Å². The first-order valence-electron chi connectivity index (χ1n) is 8.94. The zero-order valence-corrected chi connectivity index (χ0v) is 14.6. The number of halogens is 1. The van der Waals surface area contributed by atoms with Crippen molar-refractivity contribution in [3.8, 4) is 0 Å². The number of Topliss-reactive ketones (excluding diaryl/α,β-unsaturated/α-hetero) is 1. The Morgan fingerprint density at radius 1 is 1.29 bits per heavy atom. The number of hydrogen-bond acceptors (Lipinski definition) is 2. The molecular weight excluding hydrogens is 305 g/mol. The van der Waals surface area contributed by atoms with Gasteiger partial charge in [-0.2, -0.15) is 0 Å². The van der Waals surface area contributed by atoms with Crippen molar-refractivity contribution in [3.05, 3.63) is 29.6 Å². The lowest BCUT2D eigenvalue weighted by Gasteiger charge is -2.43. The maximum Gasteiger partial charge on any atom is 0.241 e. The number of fused-ring (bicyclic) bond motifs is 3. The monoisotopic (exact) mass is 329 g/mol. The van der Waals surface area contributed by atoms with Crippen molar-refractivity contribution in [3.63, 3.8) is 0 Å². The Labute approximate surface area is 142 Å². The number of hydrogen-bond donors (Lipinski definition) is 0. The fraction of sp³-hybridized carbons (Fsp3) is 0.600. The highest BCUT2D eigenvalue weighted by Crippen LogP contribution is 2.64. The van der Waals surface area contributed by atoms with Crippen LogP contribution in [0.2, 0.25) is 0 Å². The second kappa shape index (κ2) is 4.90. The molecule has 1 aliphatic heterocycles. The van der Waals surface area contributed by atoms with Crippen LogP contribution in [0.4, 0.5) is 10.1 Å². The van der Waals surface area contributed by atoms with E-state index in [9.17, 15) is 14.0 Å². The Kier molecular flexibility index (Phi) is 3.23. The number of anilines is 1. The third-order valence-corrected chi connectivity index (χ3v) is 7.05.